The summed E-state index contributed by atoms with van der Waals surface area (Å²) < 4.78 is 0. The average molecular weight is 301 g/mol. The maximum atomic E-state index is 12.9. The van der Waals surface area contributed by atoms with E-state index in [-0.39, 0.29) is 35.5 Å². The predicted octanol–water partition coefficient (Wildman–Crippen LogP) is 3.11. The highest BCUT2D eigenvalue weighted by Gasteiger charge is 2.48. The Kier molecular flexibility index (Phi) is 2.46. The number of carbonyl (C=O) groups excluding carboxylic acids is 2. The van der Waals surface area contributed by atoms with Gasteiger partial charge in [0.1, 0.15) is 0 Å². The molecule has 3 nitrogen and oxygen atoms in total. The second-order valence-corrected chi connectivity index (χ2v) is 6.41. The topological polar surface area (TPSA) is 37.4 Å². The molecule has 0 bridgehead atoms. The molecular weight excluding hydrogens is 286 g/mol. The minimum atomic E-state index is -0.170. The molecule has 4 unspecified atom stereocenters. The molecule has 3 heteroatoms. The van der Waals surface area contributed by atoms with Crippen LogP contribution in [0.2, 0.25) is 0 Å². The lowest BCUT2D eigenvalue weighted by Gasteiger charge is -2.50. The van der Waals surface area contributed by atoms with Crippen molar-refractivity contribution in [2.24, 2.45) is 11.8 Å². The number of rotatable bonds is 0. The van der Waals surface area contributed by atoms with Crippen LogP contribution in [0.25, 0.3) is 0 Å². The van der Waals surface area contributed by atoms with Gasteiger partial charge in [0.2, 0.25) is 0 Å². The van der Waals surface area contributed by atoms with Crippen molar-refractivity contribution in [3.8, 4) is 0 Å². The third-order valence-electron chi connectivity index (χ3n) is 5.28. The first-order valence-corrected chi connectivity index (χ1v) is 7.97. The van der Waals surface area contributed by atoms with Crippen LogP contribution in [-0.2, 0) is 0 Å². The summed E-state index contributed by atoms with van der Waals surface area (Å²) in [6, 6.07) is 5.50. The lowest BCUT2D eigenvalue weighted by Crippen LogP contribution is -2.57. The summed E-state index contributed by atoms with van der Waals surface area (Å²) >= 11 is 0. The average Bonchev–Trinajstić information content (AvgIpc) is 2.61. The fourth-order valence-corrected chi connectivity index (χ4v) is 4.28. The summed E-state index contributed by atoms with van der Waals surface area (Å²) in [5, 5.41) is 0. The highest BCUT2D eigenvalue weighted by Crippen LogP contribution is 2.46. The van der Waals surface area contributed by atoms with Crippen LogP contribution in [0, 0.1) is 11.8 Å². The maximum absolute atomic E-state index is 12.9. The van der Waals surface area contributed by atoms with Crippen molar-refractivity contribution in [2.45, 2.75) is 12.1 Å². The SMILES string of the molecule is O=C1c2cccc3c2N(C2C=CC=CC12)C1C=CC=CC1C3=O. The van der Waals surface area contributed by atoms with Gasteiger partial charge in [-0.25, -0.2) is 0 Å². The fraction of sp³-hybridized carbons (Fsp3) is 0.200. The number of carbonyl (C=O) groups is 2. The molecule has 0 amide bonds. The van der Waals surface area contributed by atoms with Gasteiger partial charge in [0, 0.05) is 11.1 Å². The fourth-order valence-electron chi connectivity index (χ4n) is 4.28. The minimum Gasteiger partial charge on any atom is -0.355 e. The number of para-hydroxylation sites is 1. The number of Topliss-reactive ketones (excluding diaryl/α,β-unsaturated/α-hetero) is 2. The molecule has 0 radical (unpaired) electrons. The molecule has 2 aliphatic heterocycles. The van der Waals surface area contributed by atoms with E-state index in [2.05, 4.69) is 17.1 Å². The number of anilines is 1. The van der Waals surface area contributed by atoms with Crippen LogP contribution in [0.15, 0.2) is 66.8 Å². The lowest BCUT2D eigenvalue weighted by atomic mass is 9.73. The predicted molar refractivity (Wildman–Crippen MR) is 88.7 cm³/mol. The Labute approximate surface area is 134 Å². The van der Waals surface area contributed by atoms with Crippen LogP contribution in [0.4, 0.5) is 5.69 Å². The number of fused-ring (bicyclic) bond motifs is 4. The Bertz CT molecular complexity index is 792. The van der Waals surface area contributed by atoms with Gasteiger partial charge in [-0.1, -0.05) is 54.7 Å². The Hall–Kier alpha value is -2.68. The van der Waals surface area contributed by atoms with Crippen molar-refractivity contribution in [1.82, 2.24) is 0 Å². The Morgan fingerprint density at radius 1 is 0.696 bits per heavy atom. The van der Waals surface area contributed by atoms with E-state index in [0.717, 1.165) is 5.69 Å². The van der Waals surface area contributed by atoms with Gasteiger partial charge in [0.05, 0.1) is 29.6 Å². The van der Waals surface area contributed by atoms with E-state index < -0.39 is 0 Å². The van der Waals surface area contributed by atoms with E-state index in [9.17, 15) is 9.59 Å². The minimum absolute atomic E-state index is 0.0158. The zero-order chi connectivity index (χ0) is 15.6. The van der Waals surface area contributed by atoms with Crippen LogP contribution in [0.3, 0.4) is 0 Å². The van der Waals surface area contributed by atoms with Gasteiger partial charge >= 0.3 is 0 Å². The van der Waals surface area contributed by atoms with E-state index in [1.807, 2.05) is 54.7 Å². The molecule has 112 valence electrons. The lowest BCUT2D eigenvalue weighted by molar-refractivity contribution is 0.0901. The molecule has 5 rings (SSSR count). The van der Waals surface area contributed by atoms with E-state index >= 15 is 0 Å². The second kappa shape index (κ2) is 4.42. The summed E-state index contributed by atoms with van der Waals surface area (Å²) in [5.74, 6) is -0.109. The first-order valence-electron chi connectivity index (χ1n) is 7.97. The summed E-state index contributed by atoms with van der Waals surface area (Å²) in [7, 11) is 0. The number of allylic oxidation sites excluding steroid dienone is 4. The van der Waals surface area contributed by atoms with Crippen LogP contribution < -0.4 is 4.90 Å². The van der Waals surface area contributed by atoms with Crippen molar-refractivity contribution < 1.29 is 9.59 Å². The maximum Gasteiger partial charge on any atom is 0.174 e. The molecule has 23 heavy (non-hydrogen) atoms. The Morgan fingerprint density at radius 3 is 1.70 bits per heavy atom. The number of ketones is 2. The zero-order valence-electron chi connectivity index (χ0n) is 12.4. The molecule has 4 atom stereocenters. The molecule has 4 aliphatic rings. The number of benzene rings is 1. The molecule has 2 heterocycles. The van der Waals surface area contributed by atoms with Gasteiger partial charge < -0.3 is 4.90 Å². The molecule has 2 aliphatic carbocycles. The largest absolute Gasteiger partial charge is 0.355 e. The van der Waals surface area contributed by atoms with Crippen LogP contribution in [0.1, 0.15) is 20.7 Å². The quantitative estimate of drug-likeness (QED) is 0.739. The third kappa shape index (κ3) is 1.54. The highest BCUT2D eigenvalue weighted by molar-refractivity contribution is 6.15. The van der Waals surface area contributed by atoms with Crippen molar-refractivity contribution in [1.29, 1.82) is 0 Å². The van der Waals surface area contributed by atoms with E-state index in [4.69, 9.17) is 0 Å². The van der Waals surface area contributed by atoms with Gasteiger partial charge in [-0.15, -0.1) is 0 Å². The molecular formula is C20H15NO2. The third-order valence-corrected chi connectivity index (χ3v) is 5.28. The zero-order valence-corrected chi connectivity index (χ0v) is 12.4. The van der Waals surface area contributed by atoms with E-state index in [1.165, 1.54) is 0 Å². The van der Waals surface area contributed by atoms with Crippen molar-refractivity contribution in [3.05, 3.63) is 77.9 Å². The first kappa shape index (κ1) is 12.8. The van der Waals surface area contributed by atoms with Crippen molar-refractivity contribution >= 4 is 17.3 Å². The molecule has 1 aromatic carbocycles. The van der Waals surface area contributed by atoms with Gasteiger partial charge in [0.15, 0.2) is 11.6 Å². The van der Waals surface area contributed by atoms with Gasteiger partial charge in [0.25, 0.3) is 0 Å². The molecule has 0 saturated heterocycles. The molecule has 0 spiro atoms. The number of hydrogen-bond acceptors (Lipinski definition) is 3. The molecule has 0 N–H and O–H groups in total. The highest BCUT2D eigenvalue weighted by atomic mass is 16.1. The summed E-state index contributed by atoms with van der Waals surface area (Å²) in [5.41, 5.74) is 2.18. The van der Waals surface area contributed by atoms with E-state index in [1.54, 1.807) is 0 Å². The van der Waals surface area contributed by atoms with Crippen LogP contribution in [-0.4, -0.2) is 23.7 Å². The monoisotopic (exact) mass is 301 g/mol. The molecule has 0 fully saturated rings. The van der Waals surface area contributed by atoms with Gasteiger partial charge in [-0.3, -0.25) is 9.59 Å². The summed E-state index contributed by atoms with van der Waals surface area (Å²) in [4.78, 5) is 28.1. The van der Waals surface area contributed by atoms with Gasteiger partial charge in [-0.05, 0) is 12.1 Å². The Morgan fingerprint density at radius 2 is 1.17 bits per heavy atom. The van der Waals surface area contributed by atoms with Crippen molar-refractivity contribution in [2.75, 3.05) is 4.90 Å². The second-order valence-electron chi connectivity index (χ2n) is 6.41. The Balaban J connectivity index is 1.82. The normalized spacial score (nSPS) is 32.6. The van der Waals surface area contributed by atoms with Crippen LogP contribution >= 0.6 is 0 Å². The van der Waals surface area contributed by atoms with E-state index in [0.29, 0.717) is 11.1 Å². The summed E-state index contributed by atoms with van der Waals surface area (Å²) in [6.07, 6.45) is 16.0. The van der Waals surface area contributed by atoms with Gasteiger partial charge in [-0.2, -0.15) is 0 Å². The smallest absolute Gasteiger partial charge is 0.174 e. The standard InChI is InChI=1S/C20H15NO2/c22-19-12-6-1-3-10-16(12)21-17-11-4-2-7-13(17)20(23)15-9-5-8-14(19)18(15)21/h1-13,16-17H. The number of hydrogen-bond donors (Lipinski definition) is 0. The molecule has 1 aromatic rings. The van der Waals surface area contributed by atoms with Crippen LogP contribution in [0.5, 0.6) is 0 Å². The molecule has 0 saturated carbocycles. The summed E-state index contributed by atoms with van der Waals surface area (Å²) in [6.45, 7) is 0. The van der Waals surface area contributed by atoms with Crippen molar-refractivity contribution in [3.63, 3.8) is 0 Å². The molecule has 0 aromatic heterocycles. The first-order chi connectivity index (χ1) is 11.3. The number of nitrogens with zero attached hydrogens (tertiary/aromatic N) is 1.